The highest BCUT2D eigenvalue weighted by molar-refractivity contribution is 7.99. The molecule has 2 heterocycles. The van der Waals surface area contributed by atoms with Crippen LogP contribution in [0.25, 0.3) is 17.1 Å². The van der Waals surface area contributed by atoms with Gasteiger partial charge in [-0.15, -0.1) is 10.2 Å². The largest absolute Gasteiger partial charge is 0.497 e. The molecule has 184 valence electrons. The van der Waals surface area contributed by atoms with Gasteiger partial charge in [-0.25, -0.2) is 5.43 Å². The van der Waals surface area contributed by atoms with Crippen molar-refractivity contribution in [2.75, 3.05) is 19.5 Å². The molecule has 0 atom stereocenters. The minimum absolute atomic E-state index is 0.108. The van der Waals surface area contributed by atoms with E-state index < -0.39 is 0 Å². The lowest BCUT2D eigenvalue weighted by Gasteiger charge is -2.11. The Morgan fingerprint density at radius 1 is 1.08 bits per heavy atom. The summed E-state index contributed by atoms with van der Waals surface area (Å²) in [4.78, 5) is 16.8. The Kier molecular flexibility index (Phi) is 8.30. The number of hydrazone groups is 1. The predicted octanol–water partition coefficient (Wildman–Crippen LogP) is 4.37. The number of ether oxygens (including phenoxy) is 2. The second-order valence-corrected chi connectivity index (χ2v) is 8.51. The van der Waals surface area contributed by atoms with Crippen molar-refractivity contribution in [1.29, 1.82) is 0 Å². The summed E-state index contributed by atoms with van der Waals surface area (Å²) in [6.07, 6.45) is 3.43. The Labute approximate surface area is 213 Å². The molecule has 0 bridgehead atoms. The fourth-order valence-electron chi connectivity index (χ4n) is 3.36. The zero-order chi connectivity index (χ0) is 25.3. The van der Waals surface area contributed by atoms with Crippen molar-refractivity contribution in [3.05, 3.63) is 78.6 Å². The van der Waals surface area contributed by atoms with Gasteiger partial charge >= 0.3 is 0 Å². The van der Waals surface area contributed by atoms with Gasteiger partial charge in [-0.1, -0.05) is 23.9 Å². The number of pyridine rings is 1. The van der Waals surface area contributed by atoms with Crippen LogP contribution in [0.2, 0.25) is 0 Å². The van der Waals surface area contributed by atoms with Crippen LogP contribution < -0.4 is 14.9 Å². The molecule has 4 aromatic rings. The molecule has 0 radical (unpaired) electrons. The smallest absolute Gasteiger partial charge is 0.250 e. The van der Waals surface area contributed by atoms with Crippen molar-refractivity contribution in [2.45, 2.75) is 19.0 Å². The van der Waals surface area contributed by atoms with Crippen molar-refractivity contribution in [1.82, 2.24) is 25.2 Å². The van der Waals surface area contributed by atoms with Gasteiger partial charge in [0.05, 0.1) is 25.2 Å². The molecule has 0 unspecified atom stereocenters. The third-order valence-corrected chi connectivity index (χ3v) is 6.06. The van der Waals surface area contributed by atoms with E-state index >= 15 is 0 Å². The molecule has 9 nitrogen and oxygen atoms in total. The molecule has 0 aliphatic heterocycles. The maximum absolute atomic E-state index is 12.6. The fourth-order valence-corrected chi connectivity index (χ4v) is 4.10. The van der Waals surface area contributed by atoms with Crippen molar-refractivity contribution in [2.24, 2.45) is 5.10 Å². The minimum Gasteiger partial charge on any atom is -0.497 e. The first-order valence-corrected chi connectivity index (χ1v) is 12.3. The first-order valence-electron chi connectivity index (χ1n) is 11.3. The predicted molar refractivity (Wildman–Crippen MR) is 140 cm³/mol. The lowest BCUT2D eigenvalue weighted by atomic mass is 10.1. The van der Waals surface area contributed by atoms with E-state index in [1.165, 1.54) is 11.8 Å². The third-order valence-electron chi connectivity index (χ3n) is 5.13. The van der Waals surface area contributed by atoms with Crippen LogP contribution in [-0.4, -0.2) is 50.8 Å². The molecule has 1 amide bonds. The molecule has 0 aliphatic carbocycles. The molecule has 0 saturated carbocycles. The Hall–Kier alpha value is -4.18. The van der Waals surface area contributed by atoms with Gasteiger partial charge in [0.2, 0.25) is 0 Å². The number of thioether (sulfide) groups is 1. The van der Waals surface area contributed by atoms with E-state index in [0.29, 0.717) is 23.3 Å². The van der Waals surface area contributed by atoms with E-state index in [1.54, 1.807) is 19.5 Å². The van der Waals surface area contributed by atoms with Gasteiger partial charge < -0.3 is 9.47 Å². The molecule has 2 aromatic heterocycles. The van der Waals surface area contributed by atoms with Crippen LogP contribution in [0, 0.1) is 0 Å². The van der Waals surface area contributed by atoms with Crippen LogP contribution in [0.15, 0.2) is 83.3 Å². The zero-order valence-corrected chi connectivity index (χ0v) is 21.0. The van der Waals surface area contributed by atoms with Gasteiger partial charge in [0, 0.05) is 29.2 Å². The molecule has 0 saturated heterocycles. The lowest BCUT2D eigenvalue weighted by molar-refractivity contribution is -0.118. The van der Waals surface area contributed by atoms with Crippen molar-refractivity contribution in [3.8, 4) is 28.6 Å². The first kappa shape index (κ1) is 24.9. The van der Waals surface area contributed by atoms with Crippen LogP contribution in [0.5, 0.6) is 11.5 Å². The summed E-state index contributed by atoms with van der Waals surface area (Å²) in [5, 5.41) is 13.5. The van der Waals surface area contributed by atoms with E-state index in [-0.39, 0.29) is 11.7 Å². The normalized spacial score (nSPS) is 11.2. The summed E-state index contributed by atoms with van der Waals surface area (Å²) in [5.41, 5.74) is 5.80. The highest BCUT2D eigenvalue weighted by Gasteiger charge is 2.17. The Morgan fingerprint density at radius 2 is 1.92 bits per heavy atom. The van der Waals surface area contributed by atoms with Gasteiger partial charge in [0.25, 0.3) is 5.91 Å². The van der Waals surface area contributed by atoms with Gasteiger partial charge in [-0.3, -0.25) is 14.3 Å². The summed E-state index contributed by atoms with van der Waals surface area (Å²) < 4.78 is 12.7. The highest BCUT2D eigenvalue weighted by atomic mass is 32.2. The Balaban J connectivity index is 1.51. The van der Waals surface area contributed by atoms with Gasteiger partial charge in [0.15, 0.2) is 11.0 Å². The van der Waals surface area contributed by atoms with Crippen LogP contribution in [0.1, 0.15) is 19.4 Å². The average molecular weight is 503 g/mol. The van der Waals surface area contributed by atoms with E-state index in [2.05, 4.69) is 25.7 Å². The SMILES string of the molecule is CCOc1ccc(-n2c(SCC(=O)NN=C(C)c3cccc(OC)c3)nnc2-c2cccnc2)cc1. The second kappa shape index (κ2) is 12.0. The average Bonchev–Trinajstić information content (AvgIpc) is 3.35. The van der Waals surface area contributed by atoms with Crippen LogP contribution in [0.4, 0.5) is 0 Å². The monoisotopic (exact) mass is 502 g/mol. The number of rotatable bonds is 10. The van der Waals surface area contributed by atoms with Crippen LogP contribution >= 0.6 is 11.8 Å². The fraction of sp³-hybridized carbons (Fsp3) is 0.192. The Morgan fingerprint density at radius 3 is 2.64 bits per heavy atom. The number of hydrogen-bond acceptors (Lipinski definition) is 8. The zero-order valence-electron chi connectivity index (χ0n) is 20.2. The van der Waals surface area contributed by atoms with Gasteiger partial charge in [-0.2, -0.15) is 5.10 Å². The molecule has 1 N–H and O–H groups in total. The number of methoxy groups -OCH3 is 1. The summed E-state index contributed by atoms with van der Waals surface area (Å²) in [6.45, 7) is 4.35. The van der Waals surface area contributed by atoms with Crippen LogP contribution in [0.3, 0.4) is 0 Å². The number of benzene rings is 2. The third kappa shape index (κ3) is 6.08. The highest BCUT2D eigenvalue weighted by Crippen LogP contribution is 2.28. The quantitative estimate of drug-likeness (QED) is 0.195. The number of aromatic nitrogens is 4. The van der Waals surface area contributed by atoms with E-state index in [1.807, 2.05) is 79.1 Å². The van der Waals surface area contributed by atoms with Crippen molar-refractivity contribution in [3.63, 3.8) is 0 Å². The summed E-state index contributed by atoms with van der Waals surface area (Å²) in [6, 6.07) is 18.9. The first-order chi connectivity index (χ1) is 17.6. The van der Waals surface area contributed by atoms with Crippen molar-refractivity contribution >= 4 is 23.4 Å². The standard InChI is InChI=1S/C26H26N6O3S/c1-4-35-22-12-10-21(11-13-22)32-25(20-8-6-14-27-16-20)30-31-26(32)36-17-24(33)29-28-18(2)19-7-5-9-23(15-19)34-3/h5-16H,4,17H2,1-3H3,(H,29,33). The van der Waals surface area contributed by atoms with E-state index in [9.17, 15) is 4.79 Å². The maximum atomic E-state index is 12.6. The second-order valence-electron chi connectivity index (χ2n) is 7.56. The molecule has 10 heteroatoms. The number of nitrogens with one attached hydrogen (secondary N) is 1. The summed E-state index contributed by atoms with van der Waals surface area (Å²) in [7, 11) is 1.61. The maximum Gasteiger partial charge on any atom is 0.250 e. The lowest BCUT2D eigenvalue weighted by Crippen LogP contribution is -2.21. The van der Waals surface area contributed by atoms with Crippen LogP contribution in [-0.2, 0) is 4.79 Å². The molecule has 2 aromatic carbocycles. The molecular formula is C26H26N6O3S. The number of hydrogen-bond donors (Lipinski definition) is 1. The number of carbonyl (C=O) groups is 1. The molecule has 36 heavy (non-hydrogen) atoms. The minimum atomic E-state index is -0.258. The molecule has 0 spiro atoms. The number of amides is 1. The van der Waals surface area contributed by atoms with Crippen molar-refractivity contribution < 1.29 is 14.3 Å². The van der Waals surface area contributed by atoms with E-state index in [4.69, 9.17) is 9.47 Å². The molecule has 0 aliphatic rings. The van der Waals surface area contributed by atoms with Gasteiger partial charge in [-0.05, 0) is 62.4 Å². The van der Waals surface area contributed by atoms with Gasteiger partial charge in [0.1, 0.15) is 11.5 Å². The molecule has 4 rings (SSSR count). The number of carbonyl (C=O) groups excluding carboxylic acids is 1. The van der Waals surface area contributed by atoms with E-state index in [0.717, 1.165) is 28.3 Å². The summed E-state index contributed by atoms with van der Waals surface area (Å²) >= 11 is 1.27. The Bertz CT molecular complexity index is 1340. The summed E-state index contributed by atoms with van der Waals surface area (Å²) in [5.74, 6) is 1.97. The molecular weight excluding hydrogens is 476 g/mol. The molecule has 0 fully saturated rings. The topological polar surface area (TPSA) is 104 Å². The number of nitrogens with zero attached hydrogens (tertiary/aromatic N) is 5.